The highest BCUT2D eigenvalue weighted by atomic mass is 35.5. The Hall–Kier alpha value is -1.74. The maximum atomic E-state index is 13.2. The van der Waals surface area contributed by atoms with Crippen LogP contribution in [0, 0.1) is 5.82 Å². The summed E-state index contributed by atoms with van der Waals surface area (Å²) in [5.41, 5.74) is 6.40. The summed E-state index contributed by atoms with van der Waals surface area (Å²) in [5, 5.41) is 0.613. The molecule has 17 heavy (non-hydrogen) atoms. The van der Waals surface area contributed by atoms with E-state index in [0.717, 1.165) is 5.56 Å². The summed E-state index contributed by atoms with van der Waals surface area (Å²) in [6, 6.07) is 11.8. The zero-order valence-electron chi connectivity index (χ0n) is 8.99. The molecule has 2 nitrogen and oxygen atoms in total. The number of rotatable bonds is 3. The van der Waals surface area contributed by atoms with Crippen molar-refractivity contribution in [3.63, 3.8) is 0 Å². The normalized spacial score (nSPS) is 10.2. The summed E-state index contributed by atoms with van der Waals surface area (Å²) in [6.07, 6.45) is 0. The summed E-state index contributed by atoms with van der Waals surface area (Å²) in [6.45, 7) is 0.257. The van der Waals surface area contributed by atoms with Crippen molar-refractivity contribution in [2.75, 3.05) is 5.73 Å². The van der Waals surface area contributed by atoms with Gasteiger partial charge in [0.25, 0.3) is 0 Å². The maximum Gasteiger partial charge on any atom is 0.149 e. The van der Waals surface area contributed by atoms with Crippen LogP contribution in [-0.2, 0) is 6.61 Å². The fraction of sp³-hybridized carbons (Fsp3) is 0.0769. The number of hydrogen-bond donors (Lipinski definition) is 1. The number of para-hydroxylation sites is 1. The predicted octanol–water partition coefficient (Wildman–Crippen LogP) is 3.64. The van der Waals surface area contributed by atoms with Crippen molar-refractivity contribution in [3.8, 4) is 5.75 Å². The standard InChI is InChI=1S/C13H11ClFNO/c14-10-5-2-1-4-9(10)8-17-12-7-3-6-11(15)13(12)16/h1-7H,8,16H2. The van der Waals surface area contributed by atoms with Crippen molar-refractivity contribution < 1.29 is 9.13 Å². The highest BCUT2D eigenvalue weighted by molar-refractivity contribution is 6.31. The van der Waals surface area contributed by atoms with Crippen LogP contribution in [0.2, 0.25) is 5.02 Å². The Morgan fingerprint density at radius 3 is 2.65 bits per heavy atom. The minimum atomic E-state index is -0.485. The fourth-order valence-corrected chi connectivity index (χ4v) is 1.60. The van der Waals surface area contributed by atoms with E-state index in [1.807, 2.05) is 18.2 Å². The average molecular weight is 252 g/mol. The lowest BCUT2D eigenvalue weighted by atomic mass is 10.2. The van der Waals surface area contributed by atoms with Gasteiger partial charge in [0.2, 0.25) is 0 Å². The molecule has 0 spiro atoms. The first-order valence-corrected chi connectivity index (χ1v) is 5.46. The lowest BCUT2D eigenvalue weighted by Crippen LogP contribution is -2.00. The van der Waals surface area contributed by atoms with Crippen molar-refractivity contribution in [3.05, 3.63) is 58.9 Å². The Bertz CT molecular complexity index is 531. The second-order valence-corrected chi connectivity index (χ2v) is 3.94. The second-order valence-electron chi connectivity index (χ2n) is 3.53. The van der Waals surface area contributed by atoms with Gasteiger partial charge in [0, 0.05) is 10.6 Å². The molecule has 2 aromatic carbocycles. The van der Waals surface area contributed by atoms with Gasteiger partial charge in [-0.25, -0.2) is 4.39 Å². The monoisotopic (exact) mass is 251 g/mol. The molecule has 0 aliphatic rings. The van der Waals surface area contributed by atoms with Crippen LogP contribution in [0.25, 0.3) is 0 Å². The van der Waals surface area contributed by atoms with Gasteiger partial charge in [0.05, 0.1) is 0 Å². The van der Waals surface area contributed by atoms with Crippen LogP contribution in [0.1, 0.15) is 5.56 Å². The number of nitrogen functional groups attached to an aromatic ring is 1. The van der Waals surface area contributed by atoms with E-state index in [-0.39, 0.29) is 12.3 Å². The Kier molecular flexibility index (Phi) is 3.49. The third kappa shape index (κ3) is 2.68. The highest BCUT2D eigenvalue weighted by Gasteiger charge is 2.06. The summed E-state index contributed by atoms with van der Waals surface area (Å²) >= 11 is 5.98. The van der Waals surface area contributed by atoms with Crippen molar-refractivity contribution in [1.82, 2.24) is 0 Å². The predicted molar refractivity (Wildman–Crippen MR) is 66.6 cm³/mol. The summed E-state index contributed by atoms with van der Waals surface area (Å²) < 4.78 is 18.6. The maximum absolute atomic E-state index is 13.2. The van der Waals surface area contributed by atoms with Gasteiger partial charge in [-0.05, 0) is 18.2 Å². The quantitative estimate of drug-likeness (QED) is 0.846. The second kappa shape index (κ2) is 5.06. The van der Waals surface area contributed by atoms with Crippen molar-refractivity contribution >= 4 is 17.3 Å². The number of benzene rings is 2. The SMILES string of the molecule is Nc1c(F)cccc1OCc1ccccc1Cl. The highest BCUT2D eigenvalue weighted by Crippen LogP contribution is 2.25. The van der Waals surface area contributed by atoms with Gasteiger partial charge < -0.3 is 10.5 Å². The molecule has 0 aromatic heterocycles. The smallest absolute Gasteiger partial charge is 0.149 e. The van der Waals surface area contributed by atoms with E-state index in [0.29, 0.717) is 10.8 Å². The molecule has 0 radical (unpaired) electrons. The van der Waals surface area contributed by atoms with Gasteiger partial charge >= 0.3 is 0 Å². The van der Waals surface area contributed by atoms with Crippen molar-refractivity contribution in [1.29, 1.82) is 0 Å². The first-order valence-electron chi connectivity index (χ1n) is 5.08. The summed E-state index contributed by atoms with van der Waals surface area (Å²) in [4.78, 5) is 0. The third-order valence-electron chi connectivity index (χ3n) is 2.35. The van der Waals surface area contributed by atoms with Crippen LogP contribution in [0.15, 0.2) is 42.5 Å². The average Bonchev–Trinajstić information content (AvgIpc) is 2.33. The summed E-state index contributed by atoms with van der Waals surface area (Å²) in [7, 11) is 0. The molecule has 0 amide bonds. The molecule has 2 rings (SSSR count). The van der Waals surface area contributed by atoms with E-state index in [1.165, 1.54) is 6.07 Å². The number of halogens is 2. The van der Waals surface area contributed by atoms with Crippen LogP contribution in [0.5, 0.6) is 5.75 Å². The minimum Gasteiger partial charge on any atom is -0.487 e. The largest absolute Gasteiger partial charge is 0.487 e. The molecule has 0 atom stereocenters. The molecule has 0 fully saturated rings. The molecule has 0 saturated carbocycles. The summed E-state index contributed by atoms with van der Waals surface area (Å²) in [5.74, 6) is -0.161. The third-order valence-corrected chi connectivity index (χ3v) is 2.72. The van der Waals surface area contributed by atoms with Gasteiger partial charge in [-0.2, -0.15) is 0 Å². The number of anilines is 1. The Morgan fingerprint density at radius 1 is 1.12 bits per heavy atom. The van der Waals surface area contributed by atoms with Crippen LogP contribution in [-0.4, -0.2) is 0 Å². The van der Waals surface area contributed by atoms with E-state index in [9.17, 15) is 4.39 Å². The number of ether oxygens (including phenoxy) is 1. The van der Waals surface area contributed by atoms with E-state index < -0.39 is 5.82 Å². The van der Waals surface area contributed by atoms with Gasteiger partial charge in [0.1, 0.15) is 23.9 Å². The van der Waals surface area contributed by atoms with E-state index >= 15 is 0 Å². The Morgan fingerprint density at radius 2 is 1.88 bits per heavy atom. The molecule has 0 unspecified atom stereocenters. The van der Waals surface area contributed by atoms with Crippen molar-refractivity contribution in [2.45, 2.75) is 6.61 Å². The van der Waals surface area contributed by atoms with E-state index in [4.69, 9.17) is 22.1 Å². The molecule has 0 saturated heterocycles. The van der Waals surface area contributed by atoms with Crippen LogP contribution < -0.4 is 10.5 Å². The zero-order chi connectivity index (χ0) is 12.3. The topological polar surface area (TPSA) is 35.2 Å². The molecule has 0 aliphatic carbocycles. The zero-order valence-corrected chi connectivity index (χ0v) is 9.75. The first-order chi connectivity index (χ1) is 8.18. The molecule has 0 aliphatic heterocycles. The molecule has 0 heterocycles. The lowest BCUT2D eigenvalue weighted by molar-refractivity contribution is 0.307. The number of nitrogens with two attached hydrogens (primary N) is 1. The van der Waals surface area contributed by atoms with Gasteiger partial charge in [0.15, 0.2) is 0 Å². The van der Waals surface area contributed by atoms with Gasteiger partial charge in [-0.15, -0.1) is 0 Å². The van der Waals surface area contributed by atoms with Gasteiger partial charge in [-0.1, -0.05) is 35.9 Å². The molecule has 88 valence electrons. The van der Waals surface area contributed by atoms with Crippen LogP contribution in [0.3, 0.4) is 0 Å². The Balaban J connectivity index is 2.13. The molecule has 2 aromatic rings. The molecular formula is C13H11ClFNO. The molecule has 2 N–H and O–H groups in total. The first kappa shape index (κ1) is 11.7. The molecular weight excluding hydrogens is 241 g/mol. The van der Waals surface area contributed by atoms with Crippen LogP contribution >= 0.6 is 11.6 Å². The number of hydrogen-bond acceptors (Lipinski definition) is 2. The van der Waals surface area contributed by atoms with Crippen LogP contribution in [0.4, 0.5) is 10.1 Å². The lowest BCUT2D eigenvalue weighted by Gasteiger charge is -2.10. The Labute approximate surface area is 104 Å². The molecule has 4 heteroatoms. The molecule has 0 bridgehead atoms. The fourth-order valence-electron chi connectivity index (χ4n) is 1.41. The minimum absolute atomic E-state index is 0.0135. The van der Waals surface area contributed by atoms with Crippen molar-refractivity contribution in [2.24, 2.45) is 0 Å². The van der Waals surface area contributed by atoms with Gasteiger partial charge in [-0.3, -0.25) is 0 Å². The van der Waals surface area contributed by atoms with E-state index in [1.54, 1.807) is 18.2 Å². The van der Waals surface area contributed by atoms with E-state index in [2.05, 4.69) is 0 Å².